The van der Waals surface area contributed by atoms with Gasteiger partial charge in [-0.3, -0.25) is 9.59 Å². The zero-order valence-electron chi connectivity index (χ0n) is 18.2. The molecule has 0 aliphatic carbocycles. The summed E-state index contributed by atoms with van der Waals surface area (Å²) in [5.41, 5.74) is 5.38. The highest BCUT2D eigenvalue weighted by atomic mass is 127. The lowest BCUT2D eigenvalue weighted by Gasteiger charge is -2.11. The molecule has 7 nitrogen and oxygen atoms in total. The fourth-order valence-corrected chi connectivity index (χ4v) is 5.19. The molecule has 0 atom stereocenters. The van der Waals surface area contributed by atoms with Gasteiger partial charge >= 0.3 is 0 Å². The number of carbonyl (C=O) groups excluding carboxylic acids is 2. The van der Waals surface area contributed by atoms with Gasteiger partial charge < -0.3 is 10.1 Å². The minimum atomic E-state index is -0.366. The molecule has 35 heavy (non-hydrogen) atoms. The number of nitrogens with one attached hydrogen (secondary N) is 2. The van der Waals surface area contributed by atoms with Gasteiger partial charge in [0.15, 0.2) is 0 Å². The highest BCUT2D eigenvalue weighted by molar-refractivity contribution is 14.1. The normalized spacial score (nSPS) is 10.6. The van der Waals surface area contributed by atoms with Gasteiger partial charge in [0.05, 0.1) is 25.0 Å². The molecular weight excluding hydrogens is 694 g/mol. The van der Waals surface area contributed by atoms with E-state index in [-0.39, 0.29) is 24.7 Å². The van der Waals surface area contributed by atoms with Crippen molar-refractivity contribution in [3.63, 3.8) is 0 Å². The maximum absolute atomic E-state index is 12.0. The standard InChI is InChI=1S/C25H19ClI2N4O3/c26-19-2-1-3-20(12-19)31-23(33)8-9-24(34)32-30-14-18-10-21(27)25(22(28)11-18)35-15-17-6-4-16(13-29)5-7-17/h1-7,10-12,14H,8-9,15H2,(H,31,33)(H,32,34). The third-order valence-electron chi connectivity index (χ3n) is 4.58. The van der Waals surface area contributed by atoms with Crippen molar-refractivity contribution in [2.45, 2.75) is 19.4 Å². The molecule has 10 heteroatoms. The summed E-state index contributed by atoms with van der Waals surface area (Å²) in [7, 11) is 0. The Morgan fingerprint density at radius 2 is 1.71 bits per heavy atom. The van der Waals surface area contributed by atoms with Crippen molar-refractivity contribution in [3.8, 4) is 11.8 Å². The van der Waals surface area contributed by atoms with Crippen LogP contribution in [0.5, 0.6) is 5.75 Å². The van der Waals surface area contributed by atoms with Crippen LogP contribution in [0.2, 0.25) is 5.02 Å². The summed E-state index contributed by atoms with van der Waals surface area (Å²) < 4.78 is 7.76. The van der Waals surface area contributed by atoms with E-state index in [0.29, 0.717) is 22.9 Å². The number of rotatable bonds is 9. The highest BCUT2D eigenvalue weighted by Gasteiger charge is 2.10. The predicted molar refractivity (Wildman–Crippen MR) is 152 cm³/mol. The molecule has 3 aromatic rings. The van der Waals surface area contributed by atoms with Crippen LogP contribution >= 0.6 is 56.8 Å². The number of hydrogen-bond donors (Lipinski definition) is 2. The molecule has 0 heterocycles. The number of benzene rings is 3. The molecule has 0 radical (unpaired) electrons. The van der Waals surface area contributed by atoms with E-state index in [4.69, 9.17) is 21.6 Å². The summed E-state index contributed by atoms with van der Waals surface area (Å²) in [6, 6.07) is 19.9. The van der Waals surface area contributed by atoms with Gasteiger partial charge in [-0.25, -0.2) is 5.43 Å². The second-order valence-electron chi connectivity index (χ2n) is 7.26. The quantitative estimate of drug-likeness (QED) is 0.165. The van der Waals surface area contributed by atoms with Crippen LogP contribution in [-0.4, -0.2) is 18.0 Å². The summed E-state index contributed by atoms with van der Waals surface area (Å²) in [6.45, 7) is 0.381. The first kappa shape index (κ1) is 26.9. The van der Waals surface area contributed by atoms with Crippen molar-refractivity contribution < 1.29 is 14.3 Å². The Morgan fingerprint density at radius 3 is 2.37 bits per heavy atom. The second-order valence-corrected chi connectivity index (χ2v) is 10.0. The fourth-order valence-electron chi connectivity index (χ4n) is 2.87. The number of carbonyl (C=O) groups is 2. The third kappa shape index (κ3) is 8.79. The minimum absolute atomic E-state index is 0.000925. The molecule has 178 valence electrons. The van der Waals surface area contributed by atoms with Gasteiger partial charge in [0.2, 0.25) is 11.8 Å². The van der Waals surface area contributed by atoms with Crippen LogP contribution in [0.4, 0.5) is 5.69 Å². The SMILES string of the molecule is N#Cc1ccc(COc2c(I)cc(C=NNC(=O)CCC(=O)Nc3cccc(Cl)c3)cc2I)cc1. The van der Waals surface area contributed by atoms with Crippen LogP contribution < -0.4 is 15.5 Å². The van der Waals surface area contributed by atoms with Gasteiger partial charge in [0.25, 0.3) is 0 Å². The number of nitriles is 1. The first-order valence-electron chi connectivity index (χ1n) is 10.3. The van der Waals surface area contributed by atoms with Crippen LogP contribution in [0.3, 0.4) is 0 Å². The zero-order valence-corrected chi connectivity index (χ0v) is 23.3. The van der Waals surface area contributed by atoms with Gasteiger partial charge in [-0.05, 0) is 98.8 Å². The molecule has 2 amide bonds. The van der Waals surface area contributed by atoms with Crippen molar-refractivity contribution in [2.75, 3.05) is 5.32 Å². The lowest BCUT2D eigenvalue weighted by atomic mass is 10.1. The first-order valence-corrected chi connectivity index (χ1v) is 12.9. The summed E-state index contributed by atoms with van der Waals surface area (Å²) >= 11 is 10.3. The summed E-state index contributed by atoms with van der Waals surface area (Å²) in [6.07, 6.45) is 1.56. The number of anilines is 1. The van der Waals surface area contributed by atoms with Crippen molar-refractivity contribution in [2.24, 2.45) is 5.10 Å². The Kier molecular flexibility index (Phi) is 10.3. The fraction of sp³-hybridized carbons (Fsp3) is 0.120. The number of amides is 2. The number of halogens is 3. The molecule has 3 rings (SSSR count). The average molecular weight is 713 g/mol. The smallest absolute Gasteiger partial charge is 0.240 e. The van der Waals surface area contributed by atoms with E-state index in [0.717, 1.165) is 24.0 Å². The minimum Gasteiger partial charge on any atom is -0.487 e. The second kappa shape index (κ2) is 13.4. The van der Waals surface area contributed by atoms with Gasteiger partial charge in [-0.2, -0.15) is 10.4 Å². The van der Waals surface area contributed by atoms with E-state index in [1.165, 1.54) is 0 Å². The molecule has 3 aromatic carbocycles. The van der Waals surface area contributed by atoms with E-state index in [2.05, 4.69) is 67.1 Å². The lowest BCUT2D eigenvalue weighted by Crippen LogP contribution is -2.20. The Labute approximate surface area is 235 Å². The van der Waals surface area contributed by atoms with Crippen LogP contribution in [0.25, 0.3) is 0 Å². The Morgan fingerprint density at radius 1 is 1.03 bits per heavy atom. The van der Waals surface area contributed by atoms with E-state index in [9.17, 15) is 9.59 Å². The topological polar surface area (TPSA) is 104 Å². The number of hydrogen-bond acceptors (Lipinski definition) is 5. The third-order valence-corrected chi connectivity index (χ3v) is 6.41. The predicted octanol–water partition coefficient (Wildman–Crippen LogP) is 5.87. The Bertz CT molecular complexity index is 1270. The molecule has 0 aliphatic heterocycles. The molecule has 2 N–H and O–H groups in total. The molecule has 0 aliphatic rings. The van der Waals surface area contributed by atoms with Crippen LogP contribution in [0.15, 0.2) is 65.8 Å². The van der Waals surface area contributed by atoms with Crippen molar-refractivity contribution >= 4 is 80.5 Å². The van der Waals surface area contributed by atoms with Gasteiger partial charge in [0.1, 0.15) is 12.4 Å². The molecular formula is C25H19ClI2N4O3. The number of nitrogens with zero attached hydrogens (tertiary/aromatic N) is 2. The van der Waals surface area contributed by atoms with Crippen LogP contribution in [0, 0.1) is 18.5 Å². The molecule has 0 saturated heterocycles. The van der Waals surface area contributed by atoms with E-state index in [1.807, 2.05) is 24.3 Å². The first-order chi connectivity index (χ1) is 16.8. The molecule has 0 bridgehead atoms. The Hall–Kier alpha value is -2.69. The summed E-state index contributed by atoms with van der Waals surface area (Å²) in [5, 5.41) is 16.1. The van der Waals surface area contributed by atoms with E-state index >= 15 is 0 Å². The Balaban J connectivity index is 1.48. The zero-order chi connectivity index (χ0) is 25.2. The van der Waals surface area contributed by atoms with Gasteiger partial charge in [-0.1, -0.05) is 29.8 Å². The van der Waals surface area contributed by atoms with E-state index in [1.54, 1.807) is 42.6 Å². The van der Waals surface area contributed by atoms with Crippen molar-refractivity contribution in [3.05, 3.63) is 89.5 Å². The van der Waals surface area contributed by atoms with Crippen molar-refractivity contribution in [1.82, 2.24) is 5.43 Å². The maximum Gasteiger partial charge on any atom is 0.240 e. The highest BCUT2D eigenvalue weighted by Crippen LogP contribution is 2.29. The molecule has 0 fully saturated rings. The maximum atomic E-state index is 12.0. The van der Waals surface area contributed by atoms with Gasteiger partial charge in [-0.15, -0.1) is 0 Å². The molecule has 0 spiro atoms. The van der Waals surface area contributed by atoms with Crippen LogP contribution in [-0.2, 0) is 16.2 Å². The number of ether oxygens (including phenoxy) is 1. The summed E-state index contributed by atoms with van der Waals surface area (Å²) in [4.78, 5) is 24.0. The molecule has 0 saturated carbocycles. The van der Waals surface area contributed by atoms with Crippen molar-refractivity contribution in [1.29, 1.82) is 5.26 Å². The lowest BCUT2D eigenvalue weighted by molar-refractivity contribution is -0.124. The largest absolute Gasteiger partial charge is 0.487 e. The summed E-state index contributed by atoms with van der Waals surface area (Å²) in [5.74, 6) is 0.101. The molecule has 0 aromatic heterocycles. The monoisotopic (exact) mass is 712 g/mol. The average Bonchev–Trinajstić information content (AvgIpc) is 2.82. The van der Waals surface area contributed by atoms with E-state index < -0.39 is 0 Å². The number of hydrazone groups is 1. The molecule has 0 unspecified atom stereocenters. The van der Waals surface area contributed by atoms with Gasteiger partial charge in [0, 0.05) is 23.6 Å². The van der Waals surface area contributed by atoms with Crippen LogP contribution in [0.1, 0.15) is 29.5 Å².